The summed E-state index contributed by atoms with van der Waals surface area (Å²) in [5.74, 6) is -0.409. The molecule has 1 saturated heterocycles. The predicted octanol–water partition coefficient (Wildman–Crippen LogP) is 1.55. The Morgan fingerprint density at radius 2 is 2.12 bits per heavy atom. The summed E-state index contributed by atoms with van der Waals surface area (Å²) in [6.07, 6.45) is 2.03. The lowest BCUT2D eigenvalue weighted by Gasteiger charge is -2.22. The molecule has 1 aliphatic carbocycles. The molecule has 2 aliphatic rings. The lowest BCUT2D eigenvalue weighted by atomic mass is 10.0. The van der Waals surface area contributed by atoms with Gasteiger partial charge in [0, 0.05) is 18.5 Å². The first-order chi connectivity index (χ1) is 7.84. The van der Waals surface area contributed by atoms with E-state index in [9.17, 15) is 0 Å². The molecule has 0 unspecified atom stereocenters. The van der Waals surface area contributed by atoms with Crippen LogP contribution >= 0.6 is 0 Å². The summed E-state index contributed by atoms with van der Waals surface area (Å²) in [6, 6.07) is 6.60. The van der Waals surface area contributed by atoms with Crippen LogP contribution < -0.4 is 5.32 Å². The average Bonchev–Trinajstić information content (AvgIpc) is 2.89. The van der Waals surface area contributed by atoms with Gasteiger partial charge in [-0.15, -0.1) is 0 Å². The molecule has 86 valence electrons. The lowest BCUT2D eigenvalue weighted by Crippen LogP contribution is -2.23. The maximum Gasteiger partial charge on any atom is 0.195 e. The van der Waals surface area contributed by atoms with Crippen molar-refractivity contribution in [1.82, 2.24) is 5.32 Å². The molecule has 1 fully saturated rings. The molecule has 1 spiro atoms. The van der Waals surface area contributed by atoms with E-state index in [4.69, 9.17) is 9.47 Å². The Balaban J connectivity index is 1.95. The summed E-state index contributed by atoms with van der Waals surface area (Å²) in [4.78, 5) is 0. The van der Waals surface area contributed by atoms with Crippen molar-refractivity contribution < 1.29 is 9.47 Å². The maximum absolute atomic E-state index is 5.79. The van der Waals surface area contributed by atoms with Crippen molar-refractivity contribution >= 4 is 0 Å². The summed E-state index contributed by atoms with van der Waals surface area (Å²) >= 11 is 0. The van der Waals surface area contributed by atoms with Gasteiger partial charge in [-0.2, -0.15) is 0 Å². The van der Waals surface area contributed by atoms with E-state index in [0.717, 1.165) is 32.6 Å². The van der Waals surface area contributed by atoms with Gasteiger partial charge in [-0.25, -0.2) is 0 Å². The van der Waals surface area contributed by atoms with Crippen LogP contribution in [0.3, 0.4) is 0 Å². The standard InChI is InChI=1S/C13H17NO2/c1-14-9-10-2-3-12-11(8-10)4-5-13(12)15-6-7-16-13/h2-3,8,14H,4-7,9H2,1H3. The molecule has 1 heterocycles. The van der Waals surface area contributed by atoms with E-state index in [1.165, 1.54) is 16.7 Å². The van der Waals surface area contributed by atoms with Crippen molar-refractivity contribution in [2.24, 2.45) is 0 Å². The highest BCUT2D eigenvalue weighted by Crippen LogP contribution is 2.43. The van der Waals surface area contributed by atoms with E-state index in [0.29, 0.717) is 0 Å². The van der Waals surface area contributed by atoms with Crippen molar-refractivity contribution in [2.75, 3.05) is 20.3 Å². The number of rotatable bonds is 2. The van der Waals surface area contributed by atoms with Gasteiger partial charge < -0.3 is 14.8 Å². The fraction of sp³-hybridized carbons (Fsp3) is 0.538. The van der Waals surface area contributed by atoms with Gasteiger partial charge in [-0.1, -0.05) is 18.2 Å². The molecule has 0 saturated carbocycles. The molecular weight excluding hydrogens is 202 g/mol. The summed E-state index contributed by atoms with van der Waals surface area (Å²) in [5, 5.41) is 3.17. The molecule has 3 nitrogen and oxygen atoms in total. The molecule has 0 aromatic heterocycles. The minimum absolute atomic E-state index is 0.409. The Bertz CT molecular complexity index is 397. The Kier molecular flexibility index (Phi) is 2.46. The summed E-state index contributed by atoms with van der Waals surface area (Å²) in [6.45, 7) is 2.36. The fourth-order valence-corrected chi connectivity index (χ4v) is 2.73. The van der Waals surface area contributed by atoms with Gasteiger partial charge in [0.1, 0.15) is 0 Å². The Labute approximate surface area is 95.8 Å². The molecular formula is C13H17NO2. The molecule has 0 atom stereocenters. The second kappa shape index (κ2) is 3.84. The zero-order chi connectivity index (χ0) is 11.0. The minimum Gasteiger partial charge on any atom is -0.343 e. The smallest absolute Gasteiger partial charge is 0.195 e. The summed E-state index contributed by atoms with van der Waals surface area (Å²) in [5.41, 5.74) is 3.95. The highest BCUT2D eigenvalue weighted by Gasteiger charge is 2.43. The van der Waals surface area contributed by atoms with Crippen LogP contribution in [0.15, 0.2) is 18.2 Å². The maximum atomic E-state index is 5.79. The Morgan fingerprint density at radius 1 is 1.31 bits per heavy atom. The second-order valence-electron chi connectivity index (χ2n) is 4.47. The van der Waals surface area contributed by atoms with Crippen LogP contribution in [0.4, 0.5) is 0 Å². The van der Waals surface area contributed by atoms with Gasteiger partial charge >= 0.3 is 0 Å². The zero-order valence-corrected chi connectivity index (χ0v) is 9.58. The number of ether oxygens (including phenoxy) is 2. The van der Waals surface area contributed by atoms with Crippen molar-refractivity contribution in [1.29, 1.82) is 0 Å². The topological polar surface area (TPSA) is 30.5 Å². The first kappa shape index (κ1) is 10.3. The molecule has 3 rings (SSSR count). The number of fused-ring (bicyclic) bond motifs is 2. The van der Waals surface area contributed by atoms with Crippen LogP contribution in [0.2, 0.25) is 0 Å². The third kappa shape index (κ3) is 1.47. The van der Waals surface area contributed by atoms with Crippen LogP contribution in [-0.4, -0.2) is 20.3 Å². The zero-order valence-electron chi connectivity index (χ0n) is 9.58. The van der Waals surface area contributed by atoms with Gasteiger partial charge in [0.05, 0.1) is 13.2 Å². The second-order valence-corrected chi connectivity index (χ2v) is 4.47. The van der Waals surface area contributed by atoms with Crippen LogP contribution in [0, 0.1) is 0 Å². The van der Waals surface area contributed by atoms with E-state index >= 15 is 0 Å². The van der Waals surface area contributed by atoms with Crippen LogP contribution in [0.1, 0.15) is 23.1 Å². The third-order valence-electron chi connectivity index (χ3n) is 3.44. The van der Waals surface area contributed by atoms with E-state index < -0.39 is 5.79 Å². The first-order valence-corrected chi connectivity index (χ1v) is 5.89. The van der Waals surface area contributed by atoms with E-state index in [-0.39, 0.29) is 0 Å². The first-order valence-electron chi connectivity index (χ1n) is 5.89. The molecule has 1 aliphatic heterocycles. The monoisotopic (exact) mass is 219 g/mol. The van der Waals surface area contributed by atoms with E-state index in [1.54, 1.807) is 0 Å². The van der Waals surface area contributed by atoms with Crippen molar-refractivity contribution in [2.45, 2.75) is 25.2 Å². The minimum atomic E-state index is -0.409. The van der Waals surface area contributed by atoms with Gasteiger partial charge in [0.25, 0.3) is 0 Å². The quantitative estimate of drug-likeness (QED) is 0.818. The van der Waals surface area contributed by atoms with Crippen molar-refractivity contribution in [3.8, 4) is 0 Å². The SMILES string of the molecule is CNCc1ccc2c(c1)CCC21OCCO1. The highest BCUT2D eigenvalue weighted by molar-refractivity contribution is 5.39. The van der Waals surface area contributed by atoms with Crippen LogP contribution in [0.5, 0.6) is 0 Å². The van der Waals surface area contributed by atoms with Gasteiger partial charge in [-0.05, 0) is 24.6 Å². The van der Waals surface area contributed by atoms with Crippen LogP contribution in [-0.2, 0) is 28.2 Å². The van der Waals surface area contributed by atoms with Gasteiger partial charge in [0.2, 0.25) is 0 Å². The molecule has 1 aromatic carbocycles. The number of aryl methyl sites for hydroxylation is 1. The van der Waals surface area contributed by atoms with E-state index in [2.05, 4.69) is 23.5 Å². The normalized spacial score (nSPS) is 21.6. The number of nitrogens with one attached hydrogen (secondary N) is 1. The van der Waals surface area contributed by atoms with E-state index in [1.807, 2.05) is 7.05 Å². The van der Waals surface area contributed by atoms with Gasteiger partial charge in [0.15, 0.2) is 5.79 Å². The number of hydrogen-bond acceptors (Lipinski definition) is 3. The molecule has 0 amide bonds. The summed E-state index contributed by atoms with van der Waals surface area (Å²) < 4.78 is 11.6. The molecule has 1 N–H and O–H groups in total. The largest absolute Gasteiger partial charge is 0.343 e. The van der Waals surface area contributed by atoms with Crippen molar-refractivity contribution in [3.05, 3.63) is 34.9 Å². The molecule has 1 aromatic rings. The number of hydrogen-bond donors (Lipinski definition) is 1. The van der Waals surface area contributed by atoms with Crippen LogP contribution in [0.25, 0.3) is 0 Å². The Morgan fingerprint density at radius 3 is 2.88 bits per heavy atom. The fourth-order valence-electron chi connectivity index (χ4n) is 2.73. The van der Waals surface area contributed by atoms with Crippen molar-refractivity contribution in [3.63, 3.8) is 0 Å². The number of benzene rings is 1. The average molecular weight is 219 g/mol. The molecule has 0 radical (unpaired) electrons. The highest BCUT2D eigenvalue weighted by atomic mass is 16.7. The molecule has 3 heteroatoms. The Hall–Kier alpha value is -0.900. The van der Waals surface area contributed by atoms with Gasteiger partial charge in [-0.3, -0.25) is 0 Å². The third-order valence-corrected chi connectivity index (χ3v) is 3.44. The lowest BCUT2D eigenvalue weighted by molar-refractivity contribution is -0.163. The molecule has 16 heavy (non-hydrogen) atoms. The molecule has 0 bridgehead atoms. The summed E-state index contributed by atoms with van der Waals surface area (Å²) in [7, 11) is 1.97. The predicted molar refractivity (Wildman–Crippen MR) is 61.1 cm³/mol.